The summed E-state index contributed by atoms with van der Waals surface area (Å²) in [5.41, 5.74) is 13.5. The summed E-state index contributed by atoms with van der Waals surface area (Å²) in [6.45, 7) is 2.30. The third-order valence-corrected chi connectivity index (χ3v) is 8.24. The van der Waals surface area contributed by atoms with Gasteiger partial charge in [-0.1, -0.05) is 36.8 Å². The van der Waals surface area contributed by atoms with Crippen molar-refractivity contribution < 1.29 is 4.57 Å². The van der Waals surface area contributed by atoms with E-state index in [9.17, 15) is 0 Å². The molecule has 7 rings (SSSR count). The Balaban J connectivity index is 1.59. The Hall–Kier alpha value is -2.41. The molecular formula is C29H32N+. The van der Waals surface area contributed by atoms with E-state index < -0.39 is 0 Å². The predicted octanol–water partition coefficient (Wildman–Crippen LogP) is 6.67. The van der Waals surface area contributed by atoms with Crippen molar-refractivity contribution in [1.82, 2.24) is 0 Å². The number of hydrogen-bond acceptors (Lipinski definition) is 0. The lowest BCUT2D eigenvalue weighted by Crippen LogP contribution is -2.31. The number of aryl methyl sites for hydroxylation is 3. The highest BCUT2D eigenvalue weighted by Crippen LogP contribution is 2.45. The fraction of sp³-hybridized carbons (Fsp3) is 0.414. The van der Waals surface area contributed by atoms with Gasteiger partial charge in [0.1, 0.15) is 7.05 Å². The van der Waals surface area contributed by atoms with Gasteiger partial charge in [0.2, 0.25) is 5.69 Å². The fourth-order valence-corrected chi connectivity index (χ4v) is 6.52. The van der Waals surface area contributed by atoms with E-state index in [1.54, 1.807) is 22.3 Å². The van der Waals surface area contributed by atoms with Crippen LogP contribution in [0, 0.1) is 12.8 Å². The van der Waals surface area contributed by atoms with Gasteiger partial charge in [0, 0.05) is 12.1 Å². The standard InChI is InChI=1S/C29H32N/c1-19-9-14-25-24-8-4-7-22-6-3-5-20-10-12-21(13-11-20)23-15-16-30(2)28(17-23)29(19)27(25)18-26(22)24/h4,7-9,14-17,20-21H,3,5-6,10-13,18H2,1-2H3/q+1. The zero-order valence-electron chi connectivity index (χ0n) is 18.4. The smallest absolute Gasteiger partial charge is 0.201 e. The number of benzene rings is 2. The molecule has 6 bridgehead atoms. The largest absolute Gasteiger partial charge is 0.213 e. The molecule has 0 aliphatic heterocycles. The molecule has 30 heavy (non-hydrogen) atoms. The molecule has 1 nitrogen and oxygen atoms in total. The Morgan fingerprint density at radius 3 is 2.57 bits per heavy atom. The quantitative estimate of drug-likeness (QED) is 0.293. The van der Waals surface area contributed by atoms with Gasteiger partial charge in [0.15, 0.2) is 6.20 Å². The summed E-state index contributed by atoms with van der Waals surface area (Å²) < 4.78 is 2.35. The van der Waals surface area contributed by atoms with E-state index in [0.29, 0.717) is 0 Å². The molecule has 3 aromatic rings. The normalized spacial score (nSPS) is 21.9. The monoisotopic (exact) mass is 394 g/mol. The first-order valence-corrected chi connectivity index (χ1v) is 11.9. The molecule has 0 atom stereocenters. The van der Waals surface area contributed by atoms with Crippen molar-refractivity contribution in [2.45, 2.75) is 64.2 Å². The van der Waals surface area contributed by atoms with Crippen LogP contribution in [0.3, 0.4) is 0 Å². The summed E-state index contributed by atoms with van der Waals surface area (Å²) in [7, 11) is 2.22. The Morgan fingerprint density at radius 2 is 1.70 bits per heavy atom. The molecule has 0 amide bonds. The van der Waals surface area contributed by atoms with Crippen molar-refractivity contribution in [1.29, 1.82) is 0 Å². The first-order chi connectivity index (χ1) is 14.7. The maximum atomic E-state index is 2.52. The maximum Gasteiger partial charge on any atom is 0.213 e. The maximum absolute atomic E-state index is 2.52. The van der Waals surface area contributed by atoms with Gasteiger partial charge in [-0.3, -0.25) is 0 Å². The van der Waals surface area contributed by atoms with Gasteiger partial charge in [-0.25, -0.2) is 4.57 Å². The van der Waals surface area contributed by atoms with Gasteiger partial charge < -0.3 is 0 Å². The van der Waals surface area contributed by atoms with Gasteiger partial charge in [-0.15, -0.1) is 0 Å². The molecule has 0 unspecified atom stereocenters. The van der Waals surface area contributed by atoms with Crippen LogP contribution < -0.4 is 4.57 Å². The van der Waals surface area contributed by atoms with E-state index in [4.69, 9.17) is 0 Å². The zero-order chi connectivity index (χ0) is 20.2. The second-order valence-corrected chi connectivity index (χ2v) is 9.97. The molecular weight excluding hydrogens is 362 g/mol. The van der Waals surface area contributed by atoms with Crippen molar-refractivity contribution in [2.24, 2.45) is 13.0 Å². The zero-order valence-corrected chi connectivity index (χ0v) is 18.4. The Labute approximate surface area is 180 Å². The lowest BCUT2D eigenvalue weighted by Gasteiger charge is -2.29. The van der Waals surface area contributed by atoms with E-state index in [0.717, 1.165) is 18.3 Å². The van der Waals surface area contributed by atoms with E-state index in [1.807, 2.05) is 0 Å². The molecule has 1 heterocycles. The molecule has 1 aromatic heterocycles. The number of fused-ring (bicyclic) bond motifs is 5. The van der Waals surface area contributed by atoms with Crippen molar-refractivity contribution in [3.8, 4) is 22.4 Å². The van der Waals surface area contributed by atoms with Crippen LogP contribution in [0.4, 0.5) is 0 Å². The Kier molecular flexibility index (Phi) is 4.33. The second kappa shape index (κ2) is 7.08. The van der Waals surface area contributed by atoms with E-state index in [1.165, 1.54) is 72.9 Å². The minimum Gasteiger partial charge on any atom is -0.201 e. The van der Waals surface area contributed by atoms with Gasteiger partial charge in [-0.05, 0) is 103 Å². The summed E-state index contributed by atoms with van der Waals surface area (Å²) in [4.78, 5) is 0. The first-order valence-electron chi connectivity index (χ1n) is 11.9. The average molecular weight is 395 g/mol. The van der Waals surface area contributed by atoms with Crippen molar-refractivity contribution in [3.05, 3.63) is 76.5 Å². The molecule has 1 heteroatoms. The minimum absolute atomic E-state index is 0.741. The SMILES string of the molecule is Cc1ccc2c3c1-c1cc(cc[n+]1C)C1CCC(CCCc4cccc-2c4C3)CC1. The Morgan fingerprint density at radius 1 is 0.867 bits per heavy atom. The van der Waals surface area contributed by atoms with Crippen LogP contribution in [0.25, 0.3) is 22.4 Å². The third-order valence-electron chi connectivity index (χ3n) is 8.24. The summed E-state index contributed by atoms with van der Waals surface area (Å²) in [6, 6.07) is 16.7. The summed E-state index contributed by atoms with van der Waals surface area (Å²) in [5, 5.41) is 0. The van der Waals surface area contributed by atoms with Crippen LogP contribution in [0.15, 0.2) is 48.7 Å². The topological polar surface area (TPSA) is 3.88 Å². The number of rotatable bonds is 0. The van der Waals surface area contributed by atoms with Gasteiger partial charge in [0.25, 0.3) is 0 Å². The number of aromatic nitrogens is 1. The summed E-state index contributed by atoms with van der Waals surface area (Å²) >= 11 is 0. The molecule has 0 spiro atoms. The lowest BCUT2D eigenvalue weighted by atomic mass is 9.77. The highest BCUT2D eigenvalue weighted by molar-refractivity contribution is 5.85. The number of pyridine rings is 1. The lowest BCUT2D eigenvalue weighted by molar-refractivity contribution is -0.660. The van der Waals surface area contributed by atoms with Gasteiger partial charge in [0.05, 0.1) is 5.56 Å². The first kappa shape index (κ1) is 18.4. The van der Waals surface area contributed by atoms with Crippen molar-refractivity contribution in [2.75, 3.05) is 0 Å². The van der Waals surface area contributed by atoms with E-state index in [2.05, 4.69) is 67.2 Å². The van der Waals surface area contributed by atoms with Crippen LogP contribution in [0.1, 0.15) is 72.3 Å². The molecule has 2 aromatic carbocycles. The average Bonchev–Trinajstić information content (AvgIpc) is 3.14. The second-order valence-electron chi connectivity index (χ2n) is 9.97. The fourth-order valence-electron chi connectivity index (χ4n) is 6.52. The van der Waals surface area contributed by atoms with Crippen LogP contribution in [-0.4, -0.2) is 0 Å². The molecule has 0 radical (unpaired) electrons. The highest BCUT2D eigenvalue weighted by Gasteiger charge is 2.30. The van der Waals surface area contributed by atoms with Crippen molar-refractivity contribution in [3.63, 3.8) is 0 Å². The molecule has 4 aliphatic rings. The number of hydrogen-bond donors (Lipinski definition) is 0. The number of nitrogens with zero attached hydrogens (tertiary/aromatic N) is 1. The molecule has 1 fully saturated rings. The van der Waals surface area contributed by atoms with Crippen LogP contribution in [-0.2, 0) is 19.9 Å². The summed E-state index contributed by atoms with van der Waals surface area (Å²) in [5.74, 6) is 1.68. The molecule has 0 N–H and O–H groups in total. The highest BCUT2D eigenvalue weighted by atomic mass is 14.9. The minimum atomic E-state index is 0.741. The van der Waals surface area contributed by atoms with Crippen molar-refractivity contribution >= 4 is 0 Å². The third kappa shape index (κ3) is 2.86. The van der Waals surface area contributed by atoms with Crippen LogP contribution in [0.2, 0.25) is 0 Å². The summed E-state index contributed by atoms with van der Waals surface area (Å²) in [6.07, 6.45) is 12.9. The van der Waals surface area contributed by atoms with E-state index in [-0.39, 0.29) is 0 Å². The molecule has 152 valence electrons. The molecule has 0 saturated heterocycles. The molecule has 1 saturated carbocycles. The van der Waals surface area contributed by atoms with Gasteiger partial charge >= 0.3 is 0 Å². The Bertz CT molecular complexity index is 1130. The molecule has 4 aliphatic carbocycles. The predicted molar refractivity (Wildman–Crippen MR) is 124 cm³/mol. The van der Waals surface area contributed by atoms with E-state index >= 15 is 0 Å². The van der Waals surface area contributed by atoms with Gasteiger partial charge in [-0.2, -0.15) is 0 Å². The van der Waals surface area contributed by atoms with Crippen LogP contribution >= 0.6 is 0 Å². The van der Waals surface area contributed by atoms with Crippen LogP contribution in [0.5, 0.6) is 0 Å².